The molecule has 0 amide bonds. The molecule has 2 aromatic rings. The Kier molecular flexibility index (Phi) is 3.36. The number of pyridine rings is 1. The third kappa shape index (κ3) is 2.11. The average molecular weight is 292 g/mol. The molecule has 0 saturated heterocycles. The molecule has 0 atom stereocenters. The maximum atomic E-state index is 12.8. The summed E-state index contributed by atoms with van der Waals surface area (Å²) in [7, 11) is 0. The predicted molar refractivity (Wildman–Crippen MR) is 63.7 cm³/mol. The van der Waals surface area contributed by atoms with E-state index in [1.54, 1.807) is 0 Å². The SMILES string of the molecule is O=C(O)c1ccc2nc(Cl)c(C(F)F)c(Cl)c2c1. The highest BCUT2D eigenvalue weighted by Crippen LogP contribution is 2.37. The summed E-state index contributed by atoms with van der Waals surface area (Å²) in [6.07, 6.45) is -2.88. The Bertz CT molecular complexity index is 646. The number of halogens is 4. The van der Waals surface area contributed by atoms with Crippen LogP contribution in [-0.2, 0) is 0 Å². The molecule has 0 aliphatic rings. The molecule has 1 heterocycles. The van der Waals surface area contributed by atoms with Gasteiger partial charge >= 0.3 is 5.97 Å². The summed E-state index contributed by atoms with van der Waals surface area (Å²) in [6, 6.07) is 3.85. The van der Waals surface area contributed by atoms with E-state index in [4.69, 9.17) is 28.3 Å². The molecule has 1 aromatic heterocycles. The highest BCUT2D eigenvalue weighted by atomic mass is 35.5. The molecule has 7 heteroatoms. The first-order valence-electron chi connectivity index (χ1n) is 4.72. The molecule has 18 heavy (non-hydrogen) atoms. The van der Waals surface area contributed by atoms with Gasteiger partial charge in [0.1, 0.15) is 5.15 Å². The maximum Gasteiger partial charge on any atom is 0.335 e. The van der Waals surface area contributed by atoms with Crippen LogP contribution < -0.4 is 0 Å². The second-order valence-electron chi connectivity index (χ2n) is 3.47. The lowest BCUT2D eigenvalue weighted by molar-refractivity contribution is 0.0697. The van der Waals surface area contributed by atoms with Crippen molar-refractivity contribution < 1.29 is 18.7 Å². The van der Waals surface area contributed by atoms with E-state index in [0.29, 0.717) is 0 Å². The van der Waals surface area contributed by atoms with Crippen LogP contribution in [0.25, 0.3) is 10.9 Å². The second kappa shape index (κ2) is 4.66. The number of carboxylic acids is 1. The highest BCUT2D eigenvalue weighted by molar-refractivity contribution is 6.39. The number of nitrogens with zero attached hydrogens (tertiary/aromatic N) is 1. The van der Waals surface area contributed by atoms with Crippen LogP contribution in [0.5, 0.6) is 0 Å². The van der Waals surface area contributed by atoms with Gasteiger partial charge in [0.2, 0.25) is 0 Å². The molecule has 94 valence electrons. The number of rotatable bonds is 2. The number of hydrogen-bond acceptors (Lipinski definition) is 2. The zero-order valence-electron chi connectivity index (χ0n) is 8.62. The van der Waals surface area contributed by atoms with Gasteiger partial charge in [-0.25, -0.2) is 18.6 Å². The Balaban J connectivity index is 2.81. The number of alkyl halides is 2. The quantitative estimate of drug-likeness (QED) is 0.845. The van der Waals surface area contributed by atoms with E-state index in [0.717, 1.165) is 0 Å². The summed E-state index contributed by atoms with van der Waals surface area (Å²) < 4.78 is 25.5. The van der Waals surface area contributed by atoms with E-state index < -0.39 is 18.0 Å². The molecule has 3 nitrogen and oxygen atoms in total. The van der Waals surface area contributed by atoms with Gasteiger partial charge in [-0.1, -0.05) is 23.2 Å². The van der Waals surface area contributed by atoms with E-state index in [1.807, 2.05) is 0 Å². The molecule has 1 N–H and O–H groups in total. The first-order valence-corrected chi connectivity index (χ1v) is 5.47. The zero-order valence-corrected chi connectivity index (χ0v) is 10.1. The Morgan fingerprint density at radius 2 is 2.00 bits per heavy atom. The first-order chi connectivity index (χ1) is 8.41. The van der Waals surface area contributed by atoms with Gasteiger partial charge in [0, 0.05) is 5.39 Å². The van der Waals surface area contributed by atoms with Crippen LogP contribution in [0.15, 0.2) is 18.2 Å². The Labute approximate surface area is 110 Å². The van der Waals surface area contributed by atoms with E-state index in [2.05, 4.69) is 4.98 Å². The van der Waals surface area contributed by atoms with Gasteiger partial charge in [-0.15, -0.1) is 0 Å². The van der Waals surface area contributed by atoms with Crippen molar-refractivity contribution in [2.45, 2.75) is 6.43 Å². The van der Waals surface area contributed by atoms with Gasteiger partial charge in [-0.3, -0.25) is 0 Å². The van der Waals surface area contributed by atoms with E-state index in [1.165, 1.54) is 18.2 Å². The van der Waals surface area contributed by atoms with E-state index in [9.17, 15) is 13.6 Å². The molecule has 0 bridgehead atoms. The number of benzene rings is 1. The Hall–Kier alpha value is -1.46. The van der Waals surface area contributed by atoms with Crippen molar-refractivity contribution >= 4 is 40.1 Å². The zero-order chi connectivity index (χ0) is 13.4. The molecule has 0 saturated carbocycles. The topological polar surface area (TPSA) is 50.2 Å². The van der Waals surface area contributed by atoms with Crippen LogP contribution in [0.4, 0.5) is 8.78 Å². The van der Waals surface area contributed by atoms with Crippen molar-refractivity contribution in [3.8, 4) is 0 Å². The normalized spacial score (nSPS) is 11.2. The molecule has 0 unspecified atom stereocenters. The van der Waals surface area contributed by atoms with Crippen molar-refractivity contribution in [2.75, 3.05) is 0 Å². The third-order valence-corrected chi connectivity index (χ3v) is 3.07. The van der Waals surface area contributed by atoms with Crippen LogP contribution >= 0.6 is 23.2 Å². The van der Waals surface area contributed by atoms with Crippen LogP contribution in [0.1, 0.15) is 22.3 Å². The summed E-state index contributed by atoms with van der Waals surface area (Å²) in [6.45, 7) is 0. The molecule has 0 fully saturated rings. The smallest absolute Gasteiger partial charge is 0.335 e. The Morgan fingerprint density at radius 1 is 1.33 bits per heavy atom. The molecule has 0 spiro atoms. The number of aromatic nitrogens is 1. The van der Waals surface area contributed by atoms with E-state index in [-0.39, 0.29) is 26.6 Å². The van der Waals surface area contributed by atoms with Crippen LogP contribution in [0.3, 0.4) is 0 Å². The molecular weight excluding hydrogens is 287 g/mol. The van der Waals surface area contributed by atoms with Crippen LogP contribution in [0, 0.1) is 0 Å². The maximum absolute atomic E-state index is 12.8. The van der Waals surface area contributed by atoms with Crippen molar-refractivity contribution in [2.24, 2.45) is 0 Å². The predicted octanol–water partition coefficient (Wildman–Crippen LogP) is 4.18. The summed E-state index contributed by atoms with van der Waals surface area (Å²) >= 11 is 11.4. The molecule has 1 aromatic carbocycles. The standard InChI is InChI=1S/C11H5Cl2F2NO2/c12-8-5-3-4(11(17)18)1-2-6(5)16-9(13)7(8)10(14)15/h1-3,10H,(H,17,18). The minimum atomic E-state index is -2.88. The number of hydrogen-bond donors (Lipinski definition) is 1. The summed E-state index contributed by atoms with van der Waals surface area (Å²) in [5, 5.41) is 8.31. The van der Waals surface area contributed by atoms with Gasteiger partial charge in [0.25, 0.3) is 6.43 Å². The van der Waals surface area contributed by atoms with Crippen molar-refractivity contribution in [3.63, 3.8) is 0 Å². The van der Waals surface area contributed by atoms with Gasteiger partial charge in [-0.05, 0) is 18.2 Å². The summed E-state index contributed by atoms with van der Waals surface area (Å²) in [5.74, 6) is -1.18. The van der Waals surface area contributed by atoms with Gasteiger partial charge in [-0.2, -0.15) is 0 Å². The molecule has 0 aliphatic heterocycles. The largest absolute Gasteiger partial charge is 0.478 e. The molecular formula is C11H5Cl2F2NO2. The van der Waals surface area contributed by atoms with Gasteiger partial charge in [0.05, 0.1) is 21.7 Å². The Morgan fingerprint density at radius 3 is 2.56 bits per heavy atom. The number of aromatic carboxylic acids is 1. The fourth-order valence-corrected chi connectivity index (χ4v) is 2.17. The second-order valence-corrected chi connectivity index (χ2v) is 4.20. The van der Waals surface area contributed by atoms with Gasteiger partial charge in [0.15, 0.2) is 0 Å². The average Bonchev–Trinajstić information content (AvgIpc) is 2.27. The number of fused-ring (bicyclic) bond motifs is 1. The summed E-state index contributed by atoms with van der Waals surface area (Å²) in [4.78, 5) is 14.6. The van der Waals surface area contributed by atoms with Crippen molar-refractivity contribution in [1.82, 2.24) is 4.98 Å². The van der Waals surface area contributed by atoms with Crippen LogP contribution in [0.2, 0.25) is 10.2 Å². The van der Waals surface area contributed by atoms with Crippen molar-refractivity contribution in [1.29, 1.82) is 0 Å². The van der Waals surface area contributed by atoms with E-state index >= 15 is 0 Å². The first kappa shape index (κ1) is 13.0. The fraction of sp³-hybridized carbons (Fsp3) is 0.0909. The van der Waals surface area contributed by atoms with Crippen LogP contribution in [-0.4, -0.2) is 16.1 Å². The lowest BCUT2D eigenvalue weighted by atomic mass is 10.1. The lowest BCUT2D eigenvalue weighted by Crippen LogP contribution is -1.98. The molecule has 0 radical (unpaired) electrons. The van der Waals surface area contributed by atoms with Gasteiger partial charge < -0.3 is 5.11 Å². The fourth-order valence-electron chi connectivity index (χ4n) is 1.53. The monoisotopic (exact) mass is 291 g/mol. The minimum Gasteiger partial charge on any atom is -0.478 e. The van der Waals surface area contributed by atoms with Crippen molar-refractivity contribution in [3.05, 3.63) is 39.5 Å². The third-order valence-electron chi connectivity index (χ3n) is 2.38. The summed E-state index contributed by atoms with van der Waals surface area (Å²) in [5.41, 5.74) is -0.387. The molecule has 2 rings (SSSR count). The highest BCUT2D eigenvalue weighted by Gasteiger charge is 2.21. The number of carbonyl (C=O) groups is 1. The number of carboxylic acid groups (broad SMARTS) is 1. The minimum absolute atomic E-state index is 0.0614. The molecule has 0 aliphatic carbocycles. The lowest BCUT2D eigenvalue weighted by Gasteiger charge is -2.09.